The molecule has 1 fully saturated rings. The van der Waals surface area contributed by atoms with Crippen molar-refractivity contribution in [2.75, 3.05) is 19.6 Å². The van der Waals surface area contributed by atoms with E-state index < -0.39 is 0 Å². The molecular weight excluding hydrogens is 370 g/mol. The van der Waals surface area contributed by atoms with Crippen LogP contribution >= 0.6 is 11.3 Å². The van der Waals surface area contributed by atoms with E-state index in [1.807, 2.05) is 29.2 Å². The normalized spacial score (nSPS) is 19.3. The minimum Gasteiger partial charge on any atom is -0.347 e. The summed E-state index contributed by atoms with van der Waals surface area (Å²) in [5, 5.41) is 3.01. The molecular formula is C22H27N3O2S. The molecule has 0 spiro atoms. The third-order valence-electron chi connectivity index (χ3n) is 5.84. The molecule has 2 aliphatic rings. The van der Waals surface area contributed by atoms with Gasteiger partial charge in [0.25, 0.3) is 11.8 Å². The maximum Gasteiger partial charge on any atom is 0.254 e. The first kappa shape index (κ1) is 19.2. The Balaban J connectivity index is 1.47. The Morgan fingerprint density at radius 3 is 2.89 bits per heavy atom. The van der Waals surface area contributed by atoms with Crippen LogP contribution in [0.4, 0.5) is 0 Å². The number of benzene rings is 1. The molecule has 1 aromatic carbocycles. The Kier molecular flexibility index (Phi) is 5.51. The Hall–Kier alpha value is -2.18. The van der Waals surface area contributed by atoms with Gasteiger partial charge in [-0.15, -0.1) is 11.3 Å². The van der Waals surface area contributed by atoms with Crippen molar-refractivity contribution in [2.45, 2.75) is 45.8 Å². The van der Waals surface area contributed by atoms with Gasteiger partial charge in [-0.25, -0.2) is 0 Å². The van der Waals surface area contributed by atoms with Crippen molar-refractivity contribution in [2.24, 2.45) is 0 Å². The van der Waals surface area contributed by atoms with E-state index in [1.165, 1.54) is 11.3 Å². The van der Waals surface area contributed by atoms with Crippen molar-refractivity contribution in [1.29, 1.82) is 0 Å². The van der Waals surface area contributed by atoms with Crippen molar-refractivity contribution >= 4 is 23.2 Å². The van der Waals surface area contributed by atoms with Gasteiger partial charge in [0.15, 0.2) is 0 Å². The van der Waals surface area contributed by atoms with Crippen LogP contribution in [0.25, 0.3) is 0 Å². The standard InChI is InChI=1S/C22H27N3O2S/c1-3-24-11-5-6-16(24)13-25-14-20-18(7-4-8-19(20)22(25)27)21(26)23-12-17-10-9-15(2)28-17/h4,7-10,16H,3,5-6,11-14H2,1-2H3,(H,23,26)/t16-/m1/s1. The second-order valence-corrected chi connectivity index (χ2v) is 9.01. The lowest BCUT2D eigenvalue weighted by atomic mass is 10.0. The van der Waals surface area contributed by atoms with Gasteiger partial charge in [-0.05, 0) is 62.7 Å². The summed E-state index contributed by atoms with van der Waals surface area (Å²) in [4.78, 5) is 32.5. The molecule has 0 saturated carbocycles. The monoisotopic (exact) mass is 397 g/mol. The van der Waals surface area contributed by atoms with Crippen molar-refractivity contribution in [3.8, 4) is 0 Å². The van der Waals surface area contributed by atoms with E-state index in [9.17, 15) is 9.59 Å². The molecule has 1 aromatic heterocycles. The number of likely N-dealkylation sites (N-methyl/N-ethyl adjacent to an activating group) is 1. The summed E-state index contributed by atoms with van der Waals surface area (Å²) in [5.41, 5.74) is 2.18. The SMILES string of the molecule is CCN1CCC[C@@H]1CN1Cc2c(C(=O)NCc3ccc(C)s3)cccc2C1=O. The van der Waals surface area contributed by atoms with Gasteiger partial charge in [0, 0.05) is 40.0 Å². The Morgan fingerprint density at radius 2 is 2.14 bits per heavy atom. The van der Waals surface area contributed by atoms with Crippen molar-refractivity contribution in [1.82, 2.24) is 15.1 Å². The quantitative estimate of drug-likeness (QED) is 0.813. The highest BCUT2D eigenvalue weighted by Gasteiger charge is 2.34. The highest BCUT2D eigenvalue weighted by atomic mass is 32.1. The number of hydrogen-bond acceptors (Lipinski definition) is 4. The zero-order chi connectivity index (χ0) is 19.7. The van der Waals surface area contributed by atoms with Gasteiger partial charge in [0.05, 0.1) is 6.54 Å². The fourth-order valence-electron chi connectivity index (χ4n) is 4.37. The number of carbonyl (C=O) groups is 2. The molecule has 28 heavy (non-hydrogen) atoms. The molecule has 0 bridgehead atoms. The van der Waals surface area contributed by atoms with Crippen LogP contribution in [0.3, 0.4) is 0 Å². The van der Waals surface area contributed by atoms with Crippen LogP contribution in [-0.4, -0.2) is 47.3 Å². The Morgan fingerprint density at radius 1 is 1.29 bits per heavy atom. The zero-order valence-corrected chi connectivity index (χ0v) is 17.3. The molecule has 2 aromatic rings. The number of carbonyl (C=O) groups excluding carboxylic acids is 2. The number of nitrogens with zero attached hydrogens (tertiary/aromatic N) is 2. The van der Waals surface area contributed by atoms with Crippen molar-refractivity contribution in [3.63, 3.8) is 0 Å². The van der Waals surface area contributed by atoms with E-state index in [1.54, 1.807) is 11.3 Å². The predicted molar refractivity (Wildman–Crippen MR) is 112 cm³/mol. The van der Waals surface area contributed by atoms with Crippen LogP contribution in [0.1, 0.15) is 55.8 Å². The third kappa shape index (κ3) is 3.71. The van der Waals surface area contributed by atoms with Gasteiger partial charge in [-0.2, -0.15) is 0 Å². The summed E-state index contributed by atoms with van der Waals surface area (Å²) in [6.45, 7) is 8.18. The number of rotatable bonds is 6. The summed E-state index contributed by atoms with van der Waals surface area (Å²) in [6, 6.07) is 10.0. The summed E-state index contributed by atoms with van der Waals surface area (Å²) in [5.74, 6) is -0.0462. The van der Waals surface area contributed by atoms with Gasteiger partial charge in [0.1, 0.15) is 0 Å². The maximum atomic E-state index is 12.9. The highest BCUT2D eigenvalue weighted by Crippen LogP contribution is 2.28. The molecule has 6 heteroatoms. The van der Waals surface area contributed by atoms with E-state index in [-0.39, 0.29) is 11.8 Å². The Labute approximate surface area is 170 Å². The van der Waals surface area contributed by atoms with Crippen LogP contribution < -0.4 is 5.32 Å². The highest BCUT2D eigenvalue weighted by molar-refractivity contribution is 7.11. The minimum absolute atomic E-state index is 0.0569. The van der Waals surface area contributed by atoms with Crippen molar-refractivity contribution < 1.29 is 9.59 Å². The third-order valence-corrected chi connectivity index (χ3v) is 6.84. The molecule has 3 heterocycles. The first-order valence-electron chi connectivity index (χ1n) is 10.1. The molecule has 2 aliphatic heterocycles. The van der Waals surface area contributed by atoms with Crippen LogP contribution in [-0.2, 0) is 13.1 Å². The molecule has 0 aliphatic carbocycles. The predicted octanol–water partition coefficient (Wildman–Crippen LogP) is 3.43. The molecule has 1 N–H and O–H groups in total. The second-order valence-electron chi connectivity index (χ2n) is 7.64. The molecule has 2 amide bonds. The lowest BCUT2D eigenvalue weighted by Gasteiger charge is -2.27. The fourth-order valence-corrected chi connectivity index (χ4v) is 5.20. The largest absolute Gasteiger partial charge is 0.347 e. The number of hydrogen-bond donors (Lipinski definition) is 1. The van der Waals surface area contributed by atoms with Crippen molar-refractivity contribution in [3.05, 3.63) is 56.8 Å². The number of thiophene rings is 1. The minimum atomic E-state index is -0.103. The van der Waals surface area contributed by atoms with Crippen LogP contribution in [0.15, 0.2) is 30.3 Å². The maximum absolute atomic E-state index is 12.9. The van der Waals surface area contributed by atoms with E-state index in [2.05, 4.69) is 30.1 Å². The molecule has 1 atom stereocenters. The average Bonchev–Trinajstić information content (AvgIpc) is 3.40. The molecule has 0 radical (unpaired) electrons. The molecule has 148 valence electrons. The zero-order valence-electron chi connectivity index (χ0n) is 16.5. The number of amides is 2. The molecule has 5 nitrogen and oxygen atoms in total. The van der Waals surface area contributed by atoms with Crippen LogP contribution in [0, 0.1) is 6.92 Å². The summed E-state index contributed by atoms with van der Waals surface area (Å²) >= 11 is 1.69. The summed E-state index contributed by atoms with van der Waals surface area (Å²) < 4.78 is 0. The molecule has 1 saturated heterocycles. The van der Waals surface area contributed by atoms with Crippen LogP contribution in [0.2, 0.25) is 0 Å². The molecule has 4 rings (SSSR count). The first-order valence-corrected chi connectivity index (χ1v) is 10.9. The molecule has 0 unspecified atom stereocenters. The number of aryl methyl sites for hydroxylation is 1. The van der Waals surface area contributed by atoms with Crippen LogP contribution in [0.5, 0.6) is 0 Å². The van der Waals surface area contributed by atoms with Gasteiger partial charge in [0.2, 0.25) is 0 Å². The van der Waals surface area contributed by atoms with Gasteiger partial charge in [-0.3, -0.25) is 14.5 Å². The lowest BCUT2D eigenvalue weighted by Crippen LogP contribution is -2.40. The summed E-state index contributed by atoms with van der Waals surface area (Å²) in [6.07, 6.45) is 2.34. The second kappa shape index (κ2) is 8.05. The number of likely N-dealkylation sites (tertiary alicyclic amines) is 1. The smallest absolute Gasteiger partial charge is 0.254 e. The van der Waals surface area contributed by atoms with E-state index in [4.69, 9.17) is 0 Å². The van der Waals surface area contributed by atoms with E-state index in [0.29, 0.717) is 30.3 Å². The summed E-state index contributed by atoms with van der Waals surface area (Å²) in [7, 11) is 0. The van der Waals surface area contributed by atoms with Gasteiger partial charge >= 0.3 is 0 Å². The topological polar surface area (TPSA) is 52.6 Å². The average molecular weight is 398 g/mol. The van der Waals surface area contributed by atoms with Gasteiger partial charge < -0.3 is 10.2 Å². The van der Waals surface area contributed by atoms with Gasteiger partial charge in [-0.1, -0.05) is 13.0 Å². The Bertz CT molecular complexity index is 892. The lowest BCUT2D eigenvalue weighted by molar-refractivity contribution is 0.0730. The fraction of sp³-hybridized carbons (Fsp3) is 0.455. The number of nitrogens with one attached hydrogen (secondary N) is 1. The van der Waals surface area contributed by atoms with E-state index >= 15 is 0 Å². The van der Waals surface area contributed by atoms with E-state index in [0.717, 1.165) is 36.5 Å². The first-order chi connectivity index (χ1) is 13.6. The number of fused-ring (bicyclic) bond motifs is 1.